The number of nitrogens with one attached hydrogen (secondary N) is 1. The summed E-state index contributed by atoms with van der Waals surface area (Å²) in [6, 6.07) is 12.0. The normalized spacial score (nSPS) is 15.9. The second-order valence-corrected chi connectivity index (χ2v) is 9.56. The Morgan fingerprint density at radius 2 is 1.65 bits per heavy atom. The highest BCUT2D eigenvalue weighted by molar-refractivity contribution is 7.89. The molecule has 0 bridgehead atoms. The third kappa shape index (κ3) is 6.69. The van der Waals surface area contributed by atoms with Crippen LogP contribution in [0.15, 0.2) is 53.4 Å². The van der Waals surface area contributed by atoms with E-state index < -0.39 is 21.8 Å². The zero-order valence-corrected chi connectivity index (χ0v) is 18.3. The predicted octanol–water partition coefficient (Wildman–Crippen LogP) is 3.89. The predicted molar refractivity (Wildman–Crippen MR) is 116 cm³/mol. The Kier molecular flexibility index (Phi) is 7.61. The van der Waals surface area contributed by atoms with Gasteiger partial charge in [-0.05, 0) is 68.3 Å². The largest absolute Gasteiger partial charge is 0.416 e. The van der Waals surface area contributed by atoms with Crippen LogP contribution in [0.4, 0.5) is 18.9 Å². The quantitative estimate of drug-likeness (QED) is 0.614. The molecule has 0 saturated carbocycles. The number of unbranched alkanes of at least 4 members (excludes halogenated alkanes) is 1. The first-order valence-electron chi connectivity index (χ1n) is 10.4. The number of sulfonamides is 1. The molecule has 170 valence electrons. The maximum atomic E-state index is 12.6. The molecule has 0 spiro atoms. The Labute approximate surface area is 181 Å². The summed E-state index contributed by atoms with van der Waals surface area (Å²) in [6.45, 7) is 7.09. The molecular weight excluding hydrogens is 427 g/mol. The molecule has 0 atom stereocenters. The van der Waals surface area contributed by atoms with Crippen molar-refractivity contribution in [1.82, 2.24) is 9.62 Å². The first kappa shape index (κ1) is 23.6. The van der Waals surface area contributed by atoms with Crippen LogP contribution in [0, 0.1) is 6.92 Å². The fraction of sp³-hybridized carbons (Fsp3) is 0.455. The molecule has 1 saturated heterocycles. The molecule has 0 aliphatic carbocycles. The van der Waals surface area contributed by atoms with Crippen LogP contribution in [0.2, 0.25) is 0 Å². The maximum absolute atomic E-state index is 12.6. The first-order chi connectivity index (χ1) is 14.6. The zero-order valence-electron chi connectivity index (χ0n) is 17.5. The number of halogens is 3. The van der Waals surface area contributed by atoms with Crippen molar-refractivity contribution in [3.05, 3.63) is 59.7 Å². The fourth-order valence-corrected chi connectivity index (χ4v) is 4.70. The number of piperazine rings is 1. The van der Waals surface area contributed by atoms with Gasteiger partial charge in [-0.1, -0.05) is 12.1 Å². The van der Waals surface area contributed by atoms with Gasteiger partial charge in [-0.3, -0.25) is 4.90 Å². The van der Waals surface area contributed by atoms with Gasteiger partial charge in [0.2, 0.25) is 10.0 Å². The molecule has 2 aromatic rings. The van der Waals surface area contributed by atoms with Crippen LogP contribution < -0.4 is 9.62 Å². The maximum Gasteiger partial charge on any atom is 0.416 e. The van der Waals surface area contributed by atoms with Crippen molar-refractivity contribution in [3.63, 3.8) is 0 Å². The topological polar surface area (TPSA) is 52.6 Å². The molecule has 0 aromatic heterocycles. The summed E-state index contributed by atoms with van der Waals surface area (Å²) in [5.74, 6) is 0. The van der Waals surface area contributed by atoms with Crippen LogP contribution in [0.5, 0.6) is 0 Å². The third-order valence-electron chi connectivity index (χ3n) is 5.42. The zero-order chi connectivity index (χ0) is 22.5. The first-order valence-corrected chi connectivity index (χ1v) is 11.8. The van der Waals surface area contributed by atoms with Gasteiger partial charge in [0.25, 0.3) is 0 Å². The van der Waals surface area contributed by atoms with Crippen LogP contribution in [-0.2, 0) is 16.2 Å². The van der Waals surface area contributed by atoms with Crippen LogP contribution in [0.1, 0.15) is 24.0 Å². The van der Waals surface area contributed by atoms with Crippen LogP contribution in [0.25, 0.3) is 0 Å². The van der Waals surface area contributed by atoms with E-state index in [2.05, 4.69) is 45.7 Å². The van der Waals surface area contributed by atoms with Gasteiger partial charge in [0.1, 0.15) is 0 Å². The number of aryl methyl sites for hydroxylation is 1. The molecule has 5 nitrogen and oxygen atoms in total. The highest BCUT2D eigenvalue weighted by Crippen LogP contribution is 2.29. The highest BCUT2D eigenvalue weighted by atomic mass is 32.2. The number of rotatable bonds is 8. The van der Waals surface area contributed by atoms with Gasteiger partial charge < -0.3 is 4.90 Å². The average Bonchev–Trinajstić information content (AvgIpc) is 2.73. The molecule has 2 aromatic carbocycles. The van der Waals surface area contributed by atoms with E-state index in [1.165, 1.54) is 11.3 Å². The molecule has 0 radical (unpaired) electrons. The van der Waals surface area contributed by atoms with Gasteiger partial charge in [-0.15, -0.1) is 0 Å². The van der Waals surface area contributed by atoms with Gasteiger partial charge in [-0.25, -0.2) is 13.1 Å². The summed E-state index contributed by atoms with van der Waals surface area (Å²) in [4.78, 5) is 4.59. The fourth-order valence-electron chi connectivity index (χ4n) is 3.63. The lowest BCUT2D eigenvalue weighted by Gasteiger charge is -2.36. The van der Waals surface area contributed by atoms with E-state index in [1.54, 1.807) is 0 Å². The summed E-state index contributed by atoms with van der Waals surface area (Å²) in [7, 11) is -3.81. The number of hydrogen-bond donors (Lipinski definition) is 1. The Balaban J connectivity index is 1.36. The van der Waals surface area contributed by atoms with E-state index in [9.17, 15) is 21.6 Å². The summed E-state index contributed by atoms with van der Waals surface area (Å²) >= 11 is 0. The lowest BCUT2D eigenvalue weighted by Crippen LogP contribution is -2.46. The minimum absolute atomic E-state index is 0.159. The van der Waals surface area contributed by atoms with E-state index >= 15 is 0 Å². The minimum atomic E-state index is -4.48. The van der Waals surface area contributed by atoms with Crippen molar-refractivity contribution in [2.75, 3.05) is 44.2 Å². The minimum Gasteiger partial charge on any atom is -0.369 e. The van der Waals surface area contributed by atoms with Gasteiger partial charge in [0.15, 0.2) is 0 Å². The van der Waals surface area contributed by atoms with Gasteiger partial charge in [0.05, 0.1) is 10.5 Å². The monoisotopic (exact) mass is 455 g/mol. The van der Waals surface area contributed by atoms with Gasteiger partial charge in [-0.2, -0.15) is 13.2 Å². The highest BCUT2D eigenvalue weighted by Gasteiger charge is 2.30. The molecule has 31 heavy (non-hydrogen) atoms. The molecule has 0 unspecified atom stereocenters. The number of alkyl halides is 3. The van der Waals surface area contributed by atoms with Crippen molar-refractivity contribution < 1.29 is 21.6 Å². The summed E-state index contributed by atoms with van der Waals surface area (Å²) < 4.78 is 64.8. The number of anilines is 1. The molecule has 1 N–H and O–H groups in total. The lowest BCUT2D eigenvalue weighted by atomic mass is 10.2. The van der Waals surface area contributed by atoms with Crippen molar-refractivity contribution in [2.45, 2.75) is 30.8 Å². The van der Waals surface area contributed by atoms with Crippen LogP contribution in [-0.4, -0.2) is 52.6 Å². The average molecular weight is 456 g/mol. The molecule has 1 aliphatic heterocycles. The third-order valence-corrected chi connectivity index (χ3v) is 6.90. The Bertz CT molecular complexity index is 955. The lowest BCUT2D eigenvalue weighted by molar-refractivity contribution is -0.137. The second-order valence-electron chi connectivity index (χ2n) is 7.79. The number of nitrogens with zero attached hydrogens (tertiary/aromatic N) is 2. The van der Waals surface area contributed by atoms with E-state index in [4.69, 9.17) is 0 Å². The Morgan fingerprint density at radius 3 is 2.26 bits per heavy atom. The van der Waals surface area contributed by atoms with Crippen LogP contribution in [0.3, 0.4) is 0 Å². The smallest absolute Gasteiger partial charge is 0.369 e. The van der Waals surface area contributed by atoms with E-state index in [1.807, 2.05) is 0 Å². The van der Waals surface area contributed by atoms with Gasteiger partial charge in [0, 0.05) is 38.4 Å². The van der Waals surface area contributed by atoms with Gasteiger partial charge >= 0.3 is 6.18 Å². The van der Waals surface area contributed by atoms with E-state index in [0.717, 1.165) is 63.4 Å². The molecule has 9 heteroatoms. The molecule has 1 fully saturated rings. The van der Waals surface area contributed by atoms with Crippen molar-refractivity contribution >= 4 is 15.7 Å². The van der Waals surface area contributed by atoms with E-state index in [0.29, 0.717) is 6.42 Å². The van der Waals surface area contributed by atoms with Crippen molar-refractivity contribution in [3.8, 4) is 0 Å². The molecule has 1 heterocycles. The summed E-state index contributed by atoms with van der Waals surface area (Å²) in [5, 5.41) is 0. The summed E-state index contributed by atoms with van der Waals surface area (Å²) in [5.41, 5.74) is 1.63. The number of benzene rings is 2. The number of hydrogen-bond acceptors (Lipinski definition) is 4. The SMILES string of the molecule is Cc1cccc(N2CCN(CCCCNS(=O)(=O)c3ccc(C(F)(F)F)cc3)CC2)c1. The van der Waals surface area contributed by atoms with Crippen molar-refractivity contribution in [1.29, 1.82) is 0 Å². The van der Waals surface area contributed by atoms with Crippen LogP contribution >= 0.6 is 0 Å². The molecule has 0 amide bonds. The molecule has 3 rings (SSSR count). The second kappa shape index (κ2) is 10.0. The van der Waals surface area contributed by atoms with Crippen molar-refractivity contribution in [2.24, 2.45) is 0 Å². The Hall–Kier alpha value is -2.10. The Morgan fingerprint density at radius 1 is 0.968 bits per heavy atom. The standard InChI is InChI=1S/C22H28F3N3O2S/c1-18-5-4-6-20(17-18)28-15-13-27(14-16-28)12-3-2-11-26-31(29,30)21-9-7-19(8-10-21)22(23,24)25/h4-10,17,26H,2-3,11-16H2,1H3. The summed E-state index contributed by atoms with van der Waals surface area (Å²) in [6.07, 6.45) is -2.97. The molecular formula is C22H28F3N3O2S. The van der Waals surface area contributed by atoms with E-state index in [-0.39, 0.29) is 11.4 Å². The molecule has 1 aliphatic rings.